The summed E-state index contributed by atoms with van der Waals surface area (Å²) in [6, 6.07) is 5.00. The molecule has 0 spiro atoms. The Balaban J connectivity index is 2.30. The summed E-state index contributed by atoms with van der Waals surface area (Å²) in [5.74, 6) is -0.0973. The number of benzene rings is 1. The minimum absolute atomic E-state index is 0.0248. The van der Waals surface area contributed by atoms with Gasteiger partial charge in [-0.2, -0.15) is 0 Å². The first-order valence-electron chi connectivity index (χ1n) is 7.44. The van der Waals surface area contributed by atoms with Gasteiger partial charge in [0, 0.05) is 23.5 Å². The van der Waals surface area contributed by atoms with E-state index in [9.17, 15) is 9.18 Å². The quantitative estimate of drug-likeness (QED) is 0.856. The summed E-state index contributed by atoms with van der Waals surface area (Å²) in [5, 5.41) is 4.17. The normalized spacial score (nSPS) is 13.3. The van der Waals surface area contributed by atoms with Gasteiger partial charge < -0.3 is 10.3 Å². The van der Waals surface area contributed by atoms with E-state index in [0.717, 1.165) is 10.9 Å². The maximum Gasteiger partial charge on any atom is 0.152 e. The zero-order valence-corrected chi connectivity index (χ0v) is 13.0. The van der Waals surface area contributed by atoms with E-state index >= 15 is 0 Å². The molecule has 1 atom stereocenters. The predicted octanol–water partition coefficient (Wildman–Crippen LogP) is 3.44. The Morgan fingerprint density at radius 3 is 2.62 bits per heavy atom. The smallest absolute Gasteiger partial charge is 0.152 e. The molecule has 0 saturated heterocycles. The molecule has 1 aromatic heterocycles. The molecule has 114 valence electrons. The Morgan fingerprint density at radius 1 is 1.29 bits per heavy atom. The fourth-order valence-corrected chi connectivity index (χ4v) is 2.61. The van der Waals surface area contributed by atoms with E-state index in [1.165, 1.54) is 6.07 Å². The monoisotopic (exact) mass is 290 g/mol. The summed E-state index contributed by atoms with van der Waals surface area (Å²) in [5.41, 5.74) is 1.48. The van der Waals surface area contributed by atoms with Crippen LogP contribution in [0.3, 0.4) is 0 Å². The van der Waals surface area contributed by atoms with Gasteiger partial charge in [-0.25, -0.2) is 4.39 Å². The Bertz CT molecular complexity index is 631. The van der Waals surface area contributed by atoms with Crippen LogP contribution in [0.1, 0.15) is 33.3 Å². The fourth-order valence-electron chi connectivity index (χ4n) is 2.61. The van der Waals surface area contributed by atoms with Crippen molar-refractivity contribution in [1.29, 1.82) is 0 Å². The van der Waals surface area contributed by atoms with Crippen LogP contribution in [0.25, 0.3) is 10.9 Å². The zero-order chi connectivity index (χ0) is 15.6. The molecule has 0 aliphatic heterocycles. The molecule has 0 unspecified atom stereocenters. The van der Waals surface area contributed by atoms with Gasteiger partial charge in [-0.15, -0.1) is 0 Å². The molecule has 0 aliphatic rings. The van der Waals surface area contributed by atoms with Crippen molar-refractivity contribution in [1.82, 2.24) is 10.3 Å². The summed E-state index contributed by atoms with van der Waals surface area (Å²) in [6.07, 6.45) is 2.37. The summed E-state index contributed by atoms with van der Waals surface area (Å²) in [6.45, 7) is 7.86. The summed E-state index contributed by atoms with van der Waals surface area (Å²) in [4.78, 5) is 15.3. The molecule has 0 radical (unpaired) electrons. The Labute approximate surface area is 124 Å². The van der Waals surface area contributed by atoms with Gasteiger partial charge in [0.2, 0.25) is 0 Å². The van der Waals surface area contributed by atoms with Crippen molar-refractivity contribution in [2.24, 2.45) is 5.92 Å². The molecule has 21 heavy (non-hydrogen) atoms. The number of aromatic nitrogens is 1. The number of ketones is 1. The highest BCUT2D eigenvalue weighted by Gasteiger charge is 2.23. The first kappa shape index (κ1) is 15.7. The minimum atomic E-state index is -0.262. The molecule has 0 saturated carbocycles. The van der Waals surface area contributed by atoms with E-state index in [0.29, 0.717) is 11.9 Å². The van der Waals surface area contributed by atoms with Gasteiger partial charge in [0.05, 0.1) is 11.6 Å². The standard InChI is InChI=1S/C17H23FN2O/c1-10(2)17(21)15(20-11(3)4)8-12-9-19-16-13(12)6-5-7-14(16)18/h5-7,9-11,15,19-20H,8H2,1-4H3/t15-/m0/s1. The number of carbonyl (C=O) groups is 1. The topological polar surface area (TPSA) is 44.9 Å². The van der Waals surface area contributed by atoms with Gasteiger partial charge in [0.15, 0.2) is 5.78 Å². The van der Waals surface area contributed by atoms with Gasteiger partial charge in [-0.05, 0) is 18.1 Å². The summed E-state index contributed by atoms with van der Waals surface area (Å²) >= 11 is 0. The lowest BCUT2D eigenvalue weighted by molar-refractivity contribution is -0.124. The van der Waals surface area contributed by atoms with Gasteiger partial charge in [0.1, 0.15) is 5.82 Å². The maximum atomic E-state index is 13.7. The van der Waals surface area contributed by atoms with E-state index in [1.807, 2.05) is 33.8 Å². The van der Waals surface area contributed by atoms with Crippen LogP contribution in [-0.4, -0.2) is 22.9 Å². The number of H-pyrrole nitrogens is 1. The molecule has 4 heteroatoms. The number of carbonyl (C=O) groups excluding carboxylic acids is 1. The predicted molar refractivity (Wildman–Crippen MR) is 83.9 cm³/mol. The van der Waals surface area contributed by atoms with E-state index in [-0.39, 0.29) is 29.6 Å². The molecular formula is C17H23FN2O. The Kier molecular flexibility index (Phi) is 4.78. The van der Waals surface area contributed by atoms with E-state index in [2.05, 4.69) is 10.3 Å². The Morgan fingerprint density at radius 2 is 2.00 bits per heavy atom. The number of Topliss-reactive ketones (excluding diaryl/α,β-unsaturated/α-hetero) is 1. The van der Waals surface area contributed by atoms with Crippen molar-refractivity contribution in [3.05, 3.63) is 35.8 Å². The molecule has 0 amide bonds. The Hall–Kier alpha value is -1.68. The number of aromatic amines is 1. The summed E-state index contributed by atoms with van der Waals surface area (Å²) < 4.78 is 13.7. The molecule has 2 rings (SSSR count). The highest BCUT2D eigenvalue weighted by molar-refractivity contribution is 5.88. The van der Waals surface area contributed by atoms with Gasteiger partial charge in [-0.1, -0.05) is 39.8 Å². The lowest BCUT2D eigenvalue weighted by Gasteiger charge is -2.21. The first-order valence-corrected chi connectivity index (χ1v) is 7.44. The number of nitrogens with one attached hydrogen (secondary N) is 2. The second kappa shape index (κ2) is 6.39. The van der Waals surface area contributed by atoms with E-state index < -0.39 is 0 Å². The molecule has 0 fully saturated rings. The number of fused-ring (bicyclic) bond motifs is 1. The van der Waals surface area contributed by atoms with Crippen molar-refractivity contribution in [3.8, 4) is 0 Å². The van der Waals surface area contributed by atoms with Crippen LogP contribution in [0.2, 0.25) is 0 Å². The lowest BCUT2D eigenvalue weighted by Crippen LogP contribution is -2.44. The van der Waals surface area contributed by atoms with Crippen molar-refractivity contribution in [2.75, 3.05) is 0 Å². The van der Waals surface area contributed by atoms with E-state index in [1.54, 1.807) is 12.3 Å². The molecule has 3 nitrogen and oxygen atoms in total. The average molecular weight is 290 g/mol. The van der Waals surface area contributed by atoms with Gasteiger partial charge in [-0.3, -0.25) is 4.79 Å². The first-order chi connectivity index (χ1) is 9.90. The largest absolute Gasteiger partial charge is 0.359 e. The number of halogens is 1. The van der Waals surface area contributed by atoms with Crippen molar-refractivity contribution in [2.45, 2.75) is 46.2 Å². The maximum absolute atomic E-state index is 13.7. The zero-order valence-electron chi connectivity index (χ0n) is 13.0. The molecular weight excluding hydrogens is 267 g/mol. The van der Waals surface area contributed by atoms with Crippen LogP contribution < -0.4 is 5.32 Å². The fraction of sp³-hybridized carbons (Fsp3) is 0.471. The SMILES string of the molecule is CC(C)N[C@@H](Cc1c[nH]c2c(F)cccc12)C(=O)C(C)C. The molecule has 1 aromatic carbocycles. The van der Waals surface area contributed by atoms with Crippen LogP contribution in [0.4, 0.5) is 4.39 Å². The number of para-hydroxylation sites is 1. The lowest BCUT2D eigenvalue weighted by atomic mass is 9.95. The molecule has 0 aliphatic carbocycles. The van der Waals surface area contributed by atoms with Crippen LogP contribution in [-0.2, 0) is 11.2 Å². The molecule has 1 heterocycles. The van der Waals surface area contributed by atoms with E-state index in [4.69, 9.17) is 0 Å². The van der Waals surface area contributed by atoms with Gasteiger partial charge >= 0.3 is 0 Å². The molecule has 0 bridgehead atoms. The summed E-state index contributed by atoms with van der Waals surface area (Å²) in [7, 11) is 0. The number of rotatable bonds is 6. The number of hydrogen-bond acceptors (Lipinski definition) is 2. The third-order valence-electron chi connectivity index (χ3n) is 3.62. The van der Waals surface area contributed by atoms with Crippen LogP contribution in [0.5, 0.6) is 0 Å². The number of hydrogen-bond donors (Lipinski definition) is 2. The van der Waals surface area contributed by atoms with Crippen LogP contribution >= 0.6 is 0 Å². The minimum Gasteiger partial charge on any atom is -0.359 e. The second-order valence-corrected chi connectivity index (χ2v) is 6.11. The average Bonchev–Trinajstić information content (AvgIpc) is 2.81. The highest BCUT2D eigenvalue weighted by Crippen LogP contribution is 2.22. The third-order valence-corrected chi connectivity index (χ3v) is 3.62. The molecule has 2 aromatic rings. The van der Waals surface area contributed by atoms with Gasteiger partial charge in [0.25, 0.3) is 0 Å². The van der Waals surface area contributed by atoms with Crippen LogP contribution in [0.15, 0.2) is 24.4 Å². The van der Waals surface area contributed by atoms with Crippen LogP contribution in [0, 0.1) is 11.7 Å². The van der Waals surface area contributed by atoms with Crippen molar-refractivity contribution < 1.29 is 9.18 Å². The van der Waals surface area contributed by atoms with Crippen molar-refractivity contribution in [3.63, 3.8) is 0 Å². The third kappa shape index (κ3) is 3.50. The molecule has 2 N–H and O–H groups in total. The second-order valence-electron chi connectivity index (χ2n) is 6.11. The highest BCUT2D eigenvalue weighted by atomic mass is 19.1. The van der Waals surface area contributed by atoms with Crippen molar-refractivity contribution >= 4 is 16.7 Å².